The predicted molar refractivity (Wildman–Crippen MR) is 100 cm³/mol. The number of hydrogen-bond acceptors (Lipinski definition) is 4. The predicted octanol–water partition coefficient (Wildman–Crippen LogP) is 4.03. The summed E-state index contributed by atoms with van der Waals surface area (Å²) in [5.41, 5.74) is 3.05. The first-order valence-corrected chi connectivity index (χ1v) is 8.65. The van der Waals surface area contributed by atoms with Crippen molar-refractivity contribution in [3.05, 3.63) is 75.4 Å². The molecule has 1 heterocycles. The molecular weight excluding hydrogens is 383 g/mol. The van der Waals surface area contributed by atoms with Gasteiger partial charge in [-0.2, -0.15) is 5.01 Å². The zero-order valence-electron chi connectivity index (χ0n) is 12.5. The number of carbonyl (C=O) groups is 2. The summed E-state index contributed by atoms with van der Waals surface area (Å²) in [5.74, 6) is -1.46. The Morgan fingerprint density at radius 3 is 2.56 bits per heavy atom. The summed E-state index contributed by atoms with van der Waals surface area (Å²) in [4.78, 5) is 24.9. The van der Waals surface area contributed by atoms with Crippen LogP contribution in [0.5, 0.6) is 0 Å². The van der Waals surface area contributed by atoms with Crippen LogP contribution in [0.3, 0.4) is 0 Å². The number of carbonyl (C=O) groups excluding carboxylic acids is 2. The second-order valence-electron chi connectivity index (χ2n) is 4.99. The molecule has 4 nitrogen and oxygen atoms in total. The molecule has 0 unspecified atom stereocenters. The highest BCUT2D eigenvalue weighted by Gasteiger charge is 2.33. The van der Waals surface area contributed by atoms with Crippen LogP contribution in [0.2, 0.25) is 5.02 Å². The quantitative estimate of drug-likeness (QED) is 0.633. The Balaban J connectivity index is 1.79. The number of thioether (sulfide) groups is 1. The van der Waals surface area contributed by atoms with Gasteiger partial charge in [0.1, 0.15) is 5.82 Å². The van der Waals surface area contributed by atoms with Crippen LogP contribution in [0.4, 0.5) is 4.39 Å². The molecule has 1 N–H and O–H groups in total. The Bertz CT molecular complexity index is 900. The number of thiocarbonyl (C=S) groups is 1. The zero-order valence-corrected chi connectivity index (χ0v) is 14.9. The third-order valence-corrected chi connectivity index (χ3v) is 4.86. The summed E-state index contributed by atoms with van der Waals surface area (Å²) < 4.78 is 13.9. The Kier molecular flexibility index (Phi) is 5.17. The van der Waals surface area contributed by atoms with Gasteiger partial charge in [0.25, 0.3) is 11.8 Å². The van der Waals surface area contributed by atoms with Crippen LogP contribution in [-0.4, -0.2) is 21.1 Å². The second-order valence-corrected chi connectivity index (χ2v) is 7.10. The fraction of sp³-hybridized carbons (Fsp3) is 0. The molecule has 8 heteroatoms. The van der Waals surface area contributed by atoms with Crippen molar-refractivity contribution >= 4 is 57.8 Å². The molecule has 3 rings (SSSR count). The van der Waals surface area contributed by atoms with Gasteiger partial charge in [-0.25, -0.2) is 4.39 Å². The summed E-state index contributed by atoms with van der Waals surface area (Å²) in [6.45, 7) is 0. The van der Waals surface area contributed by atoms with Gasteiger partial charge < -0.3 is 0 Å². The largest absolute Gasteiger partial charge is 0.285 e. The average molecular weight is 393 g/mol. The summed E-state index contributed by atoms with van der Waals surface area (Å²) >= 11 is 11.9. The van der Waals surface area contributed by atoms with E-state index in [-0.39, 0.29) is 14.8 Å². The Hall–Kier alpha value is -2.22. The van der Waals surface area contributed by atoms with Crippen molar-refractivity contribution in [2.75, 3.05) is 0 Å². The fourth-order valence-corrected chi connectivity index (χ4v) is 3.36. The van der Waals surface area contributed by atoms with Crippen molar-refractivity contribution in [2.45, 2.75) is 0 Å². The SMILES string of the molecule is O=C(NN1C(=O)/C(=C\c2ccccc2F)SC1=S)c1ccc(Cl)cc1. The van der Waals surface area contributed by atoms with Crippen molar-refractivity contribution in [1.29, 1.82) is 0 Å². The minimum atomic E-state index is -0.513. The second kappa shape index (κ2) is 7.35. The van der Waals surface area contributed by atoms with Gasteiger partial charge in [-0.15, -0.1) is 0 Å². The van der Waals surface area contributed by atoms with Crippen LogP contribution >= 0.6 is 35.6 Å². The lowest BCUT2D eigenvalue weighted by Crippen LogP contribution is -2.44. The van der Waals surface area contributed by atoms with Crippen LogP contribution in [0.25, 0.3) is 6.08 Å². The number of nitrogens with one attached hydrogen (secondary N) is 1. The number of hydrogen-bond donors (Lipinski definition) is 1. The number of nitrogens with zero attached hydrogens (tertiary/aromatic N) is 1. The lowest BCUT2D eigenvalue weighted by molar-refractivity contribution is -0.123. The van der Waals surface area contributed by atoms with E-state index in [1.807, 2.05) is 0 Å². The van der Waals surface area contributed by atoms with Gasteiger partial charge in [0.2, 0.25) is 0 Å². The number of hydrazine groups is 1. The topological polar surface area (TPSA) is 49.4 Å². The number of rotatable bonds is 3. The minimum Gasteiger partial charge on any atom is -0.267 e. The molecule has 0 saturated carbocycles. The fourth-order valence-electron chi connectivity index (χ4n) is 2.06. The van der Waals surface area contributed by atoms with Crippen molar-refractivity contribution in [3.8, 4) is 0 Å². The first-order valence-electron chi connectivity index (χ1n) is 7.05. The molecule has 0 aliphatic carbocycles. The summed E-state index contributed by atoms with van der Waals surface area (Å²) in [6.07, 6.45) is 1.41. The van der Waals surface area contributed by atoms with E-state index in [0.29, 0.717) is 10.6 Å². The van der Waals surface area contributed by atoms with E-state index < -0.39 is 17.6 Å². The third-order valence-electron chi connectivity index (χ3n) is 3.31. The molecule has 0 bridgehead atoms. The van der Waals surface area contributed by atoms with Gasteiger partial charge >= 0.3 is 0 Å². The first-order chi connectivity index (χ1) is 12.0. The molecule has 1 saturated heterocycles. The van der Waals surface area contributed by atoms with Crippen LogP contribution < -0.4 is 5.43 Å². The van der Waals surface area contributed by atoms with E-state index in [1.54, 1.807) is 30.3 Å². The molecule has 1 fully saturated rings. The average Bonchev–Trinajstić information content (AvgIpc) is 2.85. The van der Waals surface area contributed by atoms with Gasteiger partial charge in [0, 0.05) is 16.1 Å². The van der Waals surface area contributed by atoms with Gasteiger partial charge in [-0.3, -0.25) is 15.0 Å². The van der Waals surface area contributed by atoms with Crippen LogP contribution in [0.15, 0.2) is 53.4 Å². The molecule has 2 amide bonds. The minimum absolute atomic E-state index is 0.162. The number of benzene rings is 2. The molecule has 0 aromatic heterocycles. The van der Waals surface area contributed by atoms with Crippen LogP contribution in [0, 0.1) is 5.82 Å². The van der Waals surface area contributed by atoms with Crippen molar-refractivity contribution in [1.82, 2.24) is 10.4 Å². The Morgan fingerprint density at radius 2 is 1.88 bits per heavy atom. The van der Waals surface area contributed by atoms with E-state index in [4.69, 9.17) is 23.8 Å². The Morgan fingerprint density at radius 1 is 1.20 bits per heavy atom. The van der Waals surface area contributed by atoms with Gasteiger partial charge in [-0.1, -0.05) is 41.6 Å². The lowest BCUT2D eigenvalue weighted by Gasteiger charge is -2.15. The van der Waals surface area contributed by atoms with Crippen LogP contribution in [-0.2, 0) is 4.79 Å². The van der Waals surface area contributed by atoms with Crippen LogP contribution in [0.1, 0.15) is 15.9 Å². The molecule has 1 aliphatic heterocycles. The zero-order chi connectivity index (χ0) is 18.0. The summed E-state index contributed by atoms with van der Waals surface area (Å²) in [5, 5.41) is 1.47. The van der Waals surface area contributed by atoms with Crippen molar-refractivity contribution in [3.63, 3.8) is 0 Å². The van der Waals surface area contributed by atoms with Gasteiger partial charge in [0.15, 0.2) is 4.32 Å². The van der Waals surface area contributed by atoms with E-state index >= 15 is 0 Å². The maximum absolute atomic E-state index is 13.7. The monoisotopic (exact) mass is 392 g/mol. The van der Waals surface area contributed by atoms with E-state index in [1.165, 1.54) is 24.3 Å². The Labute approximate surface area is 157 Å². The number of amides is 2. The van der Waals surface area contributed by atoms with E-state index in [9.17, 15) is 14.0 Å². The van der Waals surface area contributed by atoms with Gasteiger partial charge in [-0.05, 0) is 48.6 Å². The van der Waals surface area contributed by atoms with E-state index in [2.05, 4.69) is 5.43 Å². The van der Waals surface area contributed by atoms with E-state index in [0.717, 1.165) is 16.8 Å². The highest BCUT2D eigenvalue weighted by Crippen LogP contribution is 2.31. The molecule has 2 aromatic carbocycles. The molecule has 0 atom stereocenters. The molecule has 2 aromatic rings. The smallest absolute Gasteiger partial charge is 0.267 e. The summed E-state index contributed by atoms with van der Waals surface area (Å²) in [6, 6.07) is 12.3. The molecule has 126 valence electrons. The number of halogens is 2. The first kappa shape index (κ1) is 17.6. The molecular formula is C17H10ClFN2O2S2. The molecule has 25 heavy (non-hydrogen) atoms. The highest BCUT2D eigenvalue weighted by atomic mass is 35.5. The van der Waals surface area contributed by atoms with Crippen molar-refractivity contribution < 1.29 is 14.0 Å². The highest BCUT2D eigenvalue weighted by molar-refractivity contribution is 8.26. The normalized spacial score (nSPS) is 15.8. The van der Waals surface area contributed by atoms with Crippen molar-refractivity contribution in [2.24, 2.45) is 0 Å². The molecule has 0 radical (unpaired) electrons. The molecule has 1 aliphatic rings. The maximum atomic E-state index is 13.7. The maximum Gasteiger partial charge on any atom is 0.285 e. The van der Waals surface area contributed by atoms with Gasteiger partial charge in [0.05, 0.1) is 4.91 Å². The third kappa shape index (κ3) is 3.89. The summed E-state index contributed by atoms with van der Waals surface area (Å²) in [7, 11) is 0. The standard InChI is InChI=1S/C17H10ClFN2O2S2/c18-12-7-5-10(6-8-12)15(22)20-21-16(23)14(25-17(21)24)9-11-3-1-2-4-13(11)19/h1-9H,(H,20,22)/b14-9+. The molecule has 0 spiro atoms. The lowest BCUT2D eigenvalue weighted by atomic mass is 10.2.